The molecule has 2 saturated heterocycles. The molecule has 1 aromatic rings. The van der Waals surface area contributed by atoms with Gasteiger partial charge in [0.1, 0.15) is 0 Å². The molecule has 3 heterocycles. The molecule has 4 atom stereocenters. The zero-order valence-corrected chi connectivity index (χ0v) is 18.4. The first kappa shape index (κ1) is 24.0. The van der Waals surface area contributed by atoms with Gasteiger partial charge in [-0.05, 0) is 36.1 Å². The van der Waals surface area contributed by atoms with Gasteiger partial charge in [0.15, 0.2) is 11.5 Å². The summed E-state index contributed by atoms with van der Waals surface area (Å²) >= 11 is 0. The van der Waals surface area contributed by atoms with E-state index >= 15 is 0 Å². The van der Waals surface area contributed by atoms with E-state index in [2.05, 4.69) is 17.0 Å². The summed E-state index contributed by atoms with van der Waals surface area (Å²) in [7, 11) is 3.30. The molecule has 4 rings (SSSR count). The van der Waals surface area contributed by atoms with Crippen molar-refractivity contribution in [2.75, 3.05) is 40.5 Å². The number of rotatable bonds is 4. The lowest BCUT2D eigenvalue weighted by atomic mass is 9.83. The molecule has 1 amide bonds. The van der Waals surface area contributed by atoms with Crippen LogP contribution in [-0.2, 0) is 11.2 Å². The molecular formula is C20H30Cl2FN3O3. The van der Waals surface area contributed by atoms with Crippen LogP contribution >= 0.6 is 24.8 Å². The second kappa shape index (κ2) is 9.69. The van der Waals surface area contributed by atoms with Gasteiger partial charge in [-0.15, -0.1) is 24.8 Å². The number of hydrogen-bond acceptors (Lipinski definition) is 5. The van der Waals surface area contributed by atoms with Crippen molar-refractivity contribution < 1.29 is 18.7 Å². The minimum absolute atomic E-state index is 0. The predicted molar refractivity (Wildman–Crippen MR) is 114 cm³/mol. The molecule has 2 fully saturated rings. The normalized spacial score (nSPS) is 28.7. The second-order valence-electron chi connectivity index (χ2n) is 7.90. The Labute approximate surface area is 183 Å². The highest BCUT2D eigenvalue weighted by Crippen LogP contribution is 2.42. The third kappa shape index (κ3) is 4.29. The number of fused-ring (bicyclic) bond motifs is 3. The van der Waals surface area contributed by atoms with Gasteiger partial charge in [0.25, 0.3) is 0 Å². The number of likely N-dealkylation sites (tertiary alicyclic amines) is 1. The Morgan fingerprint density at radius 1 is 1.17 bits per heavy atom. The molecule has 0 radical (unpaired) electrons. The maximum atomic E-state index is 13.0. The average Bonchev–Trinajstić information content (AvgIpc) is 3.06. The lowest BCUT2D eigenvalue weighted by Crippen LogP contribution is -2.60. The fourth-order valence-electron chi connectivity index (χ4n) is 4.93. The van der Waals surface area contributed by atoms with E-state index in [-0.39, 0.29) is 54.8 Å². The number of nitrogens with two attached hydrogens (primary N) is 1. The predicted octanol–water partition coefficient (Wildman–Crippen LogP) is 2.36. The van der Waals surface area contributed by atoms with Crippen molar-refractivity contribution in [3.63, 3.8) is 0 Å². The molecule has 0 unspecified atom stereocenters. The maximum absolute atomic E-state index is 13.0. The van der Waals surface area contributed by atoms with Gasteiger partial charge < -0.3 is 20.1 Å². The van der Waals surface area contributed by atoms with Crippen molar-refractivity contribution >= 4 is 30.7 Å². The number of carbonyl (C=O) groups excluding carboxylic acids is 1. The van der Waals surface area contributed by atoms with Crippen LogP contribution in [0.2, 0.25) is 0 Å². The van der Waals surface area contributed by atoms with Crippen LogP contribution in [0.4, 0.5) is 4.39 Å². The number of hydrogen-bond donors (Lipinski definition) is 1. The highest BCUT2D eigenvalue weighted by Gasteiger charge is 2.44. The largest absolute Gasteiger partial charge is 0.493 e. The lowest BCUT2D eigenvalue weighted by molar-refractivity contribution is -0.131. The number of amides is 1. The number of carbonyl (C=O) groups is 1. The number of halogens is 3. The van der Waals surface area contributed by atoms with Crippen molar-refractivity contribution in [3.8, 4) is 11.5 Å². The molecule has 9 heteroatoms. The Kier molecular flexibility index (Phi) is 8.01. The van der Waals surface area contributed by atoms with Gasteiger partial charge in [0.05, 0.1) is 26.9 Å². The number of methoxy groups -OCH3 is 2. The van der Waals surface area contributed by atoms with E-state index in [4.69, 9.17) is 15.2 Å². The van der Waals surface area contributed by atoms with Crippen molar-refractivity contribution in [2.24, 2.45) is 11.7 Å². The molecule has 0 aromatic heterocycles. The number of piperidine rings is 1. The van der Waals surface area contributed by atoms with Crippen LogP contribution in [0.15, 0.2) is 12.1 Å². The monoisotopic (exact) mass is 449 g/mol. The van der Waals surface area contributed by atoms with E-state index in [1.54, 1.807) is 14.2 Å². The Balaban J connectivity index is 0.00000150. The van der Waals surface area contributed by atoms with Crippen LogP contribution < -0.4 is 15.2 Å². The van der Waals surface area contributed by atoms with Crippen LogP contribution in [0.5, 0.6) is 11.5 Å². The van der Waals surface area contributed by atoms with Crippen LogP contribution in [0, 0.1) is 5.92 Å². The van der Waals surface area contributed by atoms with Gasteiger partial charge in [0, 0.05) is 44.1 Å². The molecular weight excluding hydrogens is 420 g/mol. The lowest BCUT2D eigenvalue weighted by Gasteiger charge is -2.48. The molecule has 0 aliphatic carbocycles. The van der Waals surface area contributed by atoms with Crippen LogP contribution in [0.1, 0.15) is 30.0 Å². The van der Waals surface area contributed by atoms with E-state index in [0.717, 1.165) is 37.4 Å². The Hall–Kier alpha value is -1.28. The summed E-state index contributed by atoms with van der Waals surface area (Å²) in [6, 6.07) is 4.20. The standard InChI is InChI=1S/C20H28FN3O3.2ClH/c1-26-18-6-13-3-4-23-11-17(24-10-12(9-21)5-20(24)25)15(22)8-16(23)14(13)7-19(18)27-2;;/h6-7,12,15-17H,3-5,8-11,22H2,1-2H3;2*1H/t12-,15+,16-,17-;;/m0../s1. The summed E-state index contributed by atoms with van der Waals surface area (Å²) in [6.07, 6.45) is 2.01. The van der Waals surface area contributed by atoms with Crippen LogP contribution in [0.25, 0.3) is 0 Å². The quantitative estimate of drug-likeness (QED) is 0.763. The van der Waals surface area contributed by atoms with E-state index < -0.39 is 6.67 Å². The number of alkyl halides is 1. The zero-order valence-electron chi connectivity index (χ0n) is 16.8. The summed E-state index contributed by atoms with van der Waals surface area (Å²) in [5.74, 6) is 1.35. The molecule has 3 aliphatic heterocycles. The van der Waals surface area contributed by atoms with Crippen molar-refractivity contribution in [1.29, 1.82) is 0 Å². The summed E-state index contributed by atoms with van der Waals surface area (Å²) in [5, 5.41) is 0. The molecule has 1 aromatic carbocycles. The van der Waals surface area contributed by atoms with Crippen molar-refractivity contribution in [1.82, 2.24) is 9.80 Å². The summed E-state index contributed by atoms with van der Waals surface area (Å²) < 4.78 is 24.0. The van der Waals surface area contributed by atoms with Gasteiger partial charge in [-0.3, -0.25) is 14.1 Å². The first-order valence-electron chi connectivity index (χ1n) is 9.65. The van der Waals surface area contributed by atoms with E-state index in [1.165, 1.54) is 11.1 Å². The Morgan fingerprint density at radius 2 is 1.86 bits per heavy atom. The summed E-state index contributed by atoms with van der Waals surface area (Å²) in [4.78, 5) is 16.6. The minimum Gasteiger partial charge on any atom is -0.493 e. The first-order valence-corrected chi connectivity index (χ1v) is 9.65. The highest BCUT2D eigenvalue weighted by atomic mass is 35.5. The fraction of sp³-hybridized carbons (Fsp3) is 0.650. The van der Waals surface area contributed by atoms with Crippen LogP contribution in [0.3, 0.4) is 0 Å². The van der Waals surface area contributed by atoms with Gasteiger partial charge in [-0.2, -0.15) is 0 Å². The number of nitrogens with zero attached hydrogens (tertiary/aromatic N) is 2. The third-order valence-electron chi connectivity index (χ3n) is 6.38. The minimum atomic E-state index is -0.439. The number of benzene rings is 1. The van der Waals surface area contributed by atoms with Gasteiger partial charge in [0.2, 0.25) is 5.91 Å². The van der Waals surface area contributed by atoms with Gasteiger partial charge in [-0.25, -0.2) is 0 Å². The molecule has 2 N–H and O–H groups in total. The fourth-order valence-corrected chi connectivity index (χ4v) is 4.93. The molecule has 164 valence electrons. The number of ether oxygens (including phenoxy) is 2. The molecule has 6 nitrogen and oxygen atoms in total. The maximum Gasteiger partial charge on any atom is 0.223 e. The van der Waals surface area contributed by atoms with E-state index in [9.17, 15) is 9.18 Å². The summed E-state index contributed by atoms with van der Waals surface area (Å²) in [5.41, 5.74) is 9.04. The first-order chi connectivity index (χ1) is 13.0. The van der Waals surface area contributed by atoms with Gasteiger partial charge >= 0.3 is 0 Å². The topological polar surface area (TPSA) is 68.0 Å². The smallest absolute Gasteiger partial charge is 0.223 e. The molecule has 0 saturated carbocycles. The van der Waals surface area contributed by atoms with Gasteiger partial charge in [-0.1, -0.05) is 0 Å². The van der Waals surface area contributed by atoms with Crippen molar-refractivity contribution in [2.45, 2.75) is 37.4 Å². The molecule has 29 heavy (non-hydrogen) atoms. The highest BCUT2D eigenvalue weighted by molar-refractivity contribution is 5.85. The van der Waals surface area contributed by atoms with E-state index in [0.29, 0.717) is 13.0 Å². The SMILES string of the molecule is COc1cc2c(cc1OC)[C@@H]1C[C@@H](N)[C@@H](N3C[C@H](CF)CC3=O)CN1CC2.Cl.Cl. The van der Waals surface area contributed by atoms with Crippen molar-refractivity contribution in [3.05, 3.63) is 23.3 Å². The molecule has 3 aliphatic rings. The Bertz CT molecular complexity index is 739. The second-order valence-corrected chi connectivity index (χ2v) is 7.90. The Morgan fingerprint density at radius 3 is 2.48 bits per heavy atom. The third-order valence-corrected chi connectivity index (χ3v) is 6.38. The van der Waals surface area contributed by atoms with Crippen LogP contribution in [-0.4, -0.2) is 68.3 Å². The average molecular weight is 450 g/mol. The zero-order chi connectivity index (χ0) is 19.1. The molecule has 0 bridgehead atoms. The summed E-state index contributed by atoms with van der Waals surface area (Å²) in [6.45, 7) is 1.72. The molecule has 0 spiro atoms. The van der Waals surface area contributed by atoms with E-state index in [1.807, 2.05) is 4.90 Å².